The molecule has 3 rings (SSSR count). The summed E-state index contributed by atoms with van der Waals surface area (Å²) in [5, 5.41) is 7.28. The van der Waals surface area contributed by atoms with Crippen molar-refractivity contribution in [3.8, 4) is 0 Å². The summed E-state index contributed by atoms with van der Waals surface area (Å²) in [5.41, 5.74) is 8.79. The van der Waals surface area contributed by atoms with E-state index in [2.05, 4.69) is 96.7 Å². The molecule has 0 aliphatic carbocycles. The second-order valence-corrected chi connectivity index (χ2v) is 7.98. The van der Waals surface area contributed by atoms with E-state index < -0.39 is 0 Å². The minimum Gasteiger partial charge on any atom is -1.00 e. The van der Waals surface area contributed by atoms with Crippen molar-refractivity contribution in [2.45, 2.75) is 34.2 Å². The quantitative estimate of drug-likeness (QED) is 0.316. The summed E-state index contributed by atoms with van der Waals surface area (Å²) < 4.78 is 0. The topological polar surface area (TPSA) is 40.2 Å². The molecule has 1 aromatic heterocycles. The number of rotatable bonds is 10. The molecule has 3 aromatic rings. The van der Waals surface area contributed by atoms with Gasteiger partial charge in [0.15, 0.2) is 0 Å². The maximum atomic E-state index is 4.53. The van der Waals surface area contributed by atoms with E-state index in [9.17, 15) is 0 Å². The smallest absolute Gasteiger partial charge is 1.00 e. The number of hydrogen-bond acceptors (Lipinski definition) is 4. The number of aromatic nitrogens is 1. The predicted molar refractivity (Wildman–Crippen MR) is 128 cm³/mol. The molecule has 0 spiro atoms. The molecule has 7 heteroatoms. The van der Waals surface area contributed by atoms with Crippen molar-refractivity contribution in [2.24, 2.45) is 0 Å². The van der Waals surface area contributed by atoms with Crippen molar-refractivity contribution in [3.63, 3.8) is 0 Å². The zero-order valence-electron chi connectivity index (χ0n) is 19.8. The van der Waals surface area contributed by atoms with Crippen LogP contribution in [0.4, 0.5) is 11.4 Å². The van der Waals surface area contributed by atoms with Gasteiger partial charge in [-0.05, 0) is 62.1 Å². The van der Waals surface area contributed by atoms with Gasteiger partial charge in [-0.3, -0.25) is 9.88 Å². The summed E-state index contributed by atoms with van der Waals surface area (Å²) in [6, 6.07) is 19.0. The maximum Gasteiger partial charge on any atom is 2.00 e. The van der Waals surface area contributed by atoms with E-state index in [0.29, 0.717) is 0 Å². The average Bonchev–Trinajstić information content (AvgIpc) is 2.73. The van der Waals surface area contributed by atoms with Crippen LogP contribution in [0.3, 0.4) is 0 Å². The number of pyridine rings is 1. The summed E-state index contributed by atoms with van der Waals surface area (Å²) in [7, 11) is 0. The molecule has 0 aliphatic rings. The van der Waals surface area contributed by atoms with E-state index >= 15 is 0 Å². The normalized spacial score (nSPS) is 9.97. The fourth-order valence-electron chi connectivity index (χ4n) is 3.86. The molecule has 1 heterocycles. The molecular weight excluding hydrogens is 587 g/mol. The molecule has 0 bridgehead atoms. The van der Waals surface area contributed by atoms with Crippen LogP contribution in [-0.4, -0.2) is 36.1 Å². The molecule has 0 amide bonds. The molecule has 0 fully saturated rings. The van der Waals surface area contributed by atoms with Gasteiger partial charge in [0.2, 0.25) is 0 Å². The molecule has 2 aromatic carbocycles. The van der Waals surface area contributed by atoms with E-state index in [1.807, 2.05) is 12.3 Å². The van der Waals surface area contributed by atoms with Gasteiger partial charge in [0, 0.05) is 50.3 Å². The number of anilines is 2. The largest absolute Gasteiger partial charge is 2.00 e. The molecule has 4 nitrogen and oxygen atoms in total. The van der Waals surface area contributed by atoms with Crippen LogP contribution < -0.4 is 44.6 Å². The van der Waals surface area contributed by atoms with Crippen LogP contribution in [0.2, 0.25) is 0 Å². The Hall–Kier alpha value is -1.38. The fraction of sp³-hybridized carbons (Fsp3) is 0.346. The van der Waals surface area contributed by atoms with E-state index in [1.165, 1.54) is 33.6 Å². The summed E-state index contributed by atoms with van der Waals surface area (Å²) in [5.74, 6) is 0. The van der Waals surface area contributed by atoms with E-state index in [1.54, 1.807) is 0 Å². The number of nitrogens with zero attached hydrogens (tertiary/aromatic N) is 2. The van der Waals surface area contributed by atoms with Crippen molar-refractivity contribution in [1.82, 2.24) is 9.88 Å². The monoisotopic (exact) mass is 619 g/mol. The van der Waals surface area contributed by atoms with E-state index in [4.69, 9.17) is 0 Å². The third-order valence-electron chi connectivity index (χ3n) is 5.53. The van der Waals surface area contributed by atoms with Gasteiger partial charge in [0.25, 0.3) is 0 Å². The molecule has 181 valence electrons. The van der Waals surface area contributed by atoms with Crippen molar-refractivity contribution >= 4 is 11.4 Å². The molecule has 0 unspecified atom stereocenters. The minimum absolute atomic E-state index is 0. The Balaban J connectivity index is 0.00000341. The van der Waals surface area contributed by atoms with Crippen LogP contribution in [0.1, 0.15) is 27.9 Å². The minimum atomic E-state index is 0. The first kappa shape index (κ1) is 31.6. The zero-order valence-corrected chi connectivity index (χ0v) is 24.0. The Morgan fingerprint density at radius 1 is 0.667 bits per heavy atom. The Morgan fingerprint density at radius 3 is 1.52 bits per heavy atom. The van der Waals surface area contributed by atoms with Crippen LogP contribution in [0.5, 0.6) is 0 Å². The van der Waals surface area contributed by atoms with Gasteiger partial charge >= 0.3 is 16.8 Å². The number of nitrogens with one attached hydrogen (secondary N) is 2. The van der Waals surface area contributed by atoms with Crippen LogP contribution >= 0.6 is 0 Å². The predicted octanol–water partition coefficient (Wildman–Crippen LogP) is -0.653. The van der Waals surface area contributed by atoms with E-state index in [0.717, 1.165) is 38.4 Å². The standard InChI is InChI=1S/C26H34N4.2BrH.Co/c1-20-9-7-10-21(2)25(20)28-15-17-30(19-24-13-5-6-14-27-24)18-16-29-26-22(3)11-8-12-23(26)4;;;/h5-14,28-29H,15-19H2,1-4H3;2*1H;/q;;;+2/p-2. The zero-order chi connectivity index (χ0) is 21.3. The number of halogens is 2. The number of aryl methyl sites for hydroxylation is 4. The van der Waals surface area contributed by atoms with Crippen molar-refractivity contribution in [3.05, 3.63) is 88.7 Å². The molecule has 0 saturated heterocycles. The van der Waals surface area contributed by atoms with Crippen molar-refractivity contribution in [1.29, 1.82) is 0 Å². The second-order valence-electron chi connectivity index (χ2n) is 7.98. The van der Waals surface area contributed by atoms with Gasteiger partial charge in [0.1, 0.15) is 0 Å². The van der Waals surface area contributed by atoms with Gasteiger partial charge in [-0.25, -0.2) is 0 Å². The van der Waals surface area contributed by atoms with E-state index in [-0.39, 0.29) is 50.7 Å². The molecule has 1 radical (unpaired) electrons. The first-order valence-electron chi connectivity index (χ1n) is 10.8. The fourth-order valence-corrected chi connectivity index (χ4v) is 3.86. The number of hydrogen-bond donors (Lipinski definition) is 2. The van der Waals surface area contributed by atoms with Gasteiger partial charge in [-0.15, -0.1) is 0 Å². The first-order valence-corrected chi connectivity index (χ1v) is 10.8. The average molecular weight is 621 g/mol. The molecule has 2 N–H and O–H groups in total. The third kappa shape index (κ3) is 9.79. The third-order valence-corrected chi connectivity index (χ3v) is 5.53. The SMILES string of the molecule is Cc1cccc(C)c1NCCN(CCNc1c(C)cccc1C)Cc1ccccn1.[Br-].[Br-].[Co+2]. The Labute approximate surface area is 230 Å². The van der Waals surface area contributed by atoms with Gasteiger partial charge in [0.05, 0.1) is 5.69 Å². The van der Waals surface area contributed by atoms with Crippen LogP contribution in [0.15, 0.2) is 60.8 Å². The Bertz CT molecular complexity index is 856. The molecule has 0 saturated carbocycles. The van der Waals surface area contributed by atoms with Crippen molar-refractivity contribution < 1.29 is 50.7 Å². The second kappa shape index (κ2) is 16.3. The summed E-state index contributed by atoms with van der Waals surface area (Å²) >= 11 is 0. The van der Waals surface area contributed by atoms with Crippen LogP contribution in [0, 0.1) is 27.7 Å². The van der Waals surface area contributed by atoms with Gasteiger partial charge < -0.3 is 44.6 Å². The molecule has 0 aliphatic heterocycles. The van der Waals surface area contributed by atoms with Gasteiger partial charge in [-0.1, -0.05) is 42.5 Å². The molecule has 0 atom stereocenters. The number of benzene rings is 2. The van der Waals surface area contributed by atoms with Crippen molar-refractivity contribution in [2.75, 3.05) is 36.8 Å². The molecule has 33 heavy (non-hydrogen) atoms. The summed E-state index contributed by atoms with van der Waals surface area (Å²) in [6.07, 6.45) is 1.87. The maximum absolute atomic E-state index is 4.53. The summed E-state index contributed by atoms with van der Waals surface area (Å²) in [4.78, 5) is 6.99. The summed E-state index contributed by atoms with van der Waals surface area (Å²) in [6.45, 7) is 13.2. The van der Waals surface area contributed by atoms with Crippen LogP contribution in [0.25, 0.3) is 0 Å². The Kier molecular flexibility index (Phi) is 15.6. The first-order chi connectivity index (χ1) is 14.5. The molecular formula is C26H34Br2CoN4. The van der Waals surface area contributed by atoms with Gasteiger partial charge in [-0.2, -0.15) is 0 Å². The Morgan fingerprint density at radius 2 is 1.12 bits per heavy atom. The number of para-hydroxylation sites is 2. The van der Waals surface area contributed by atoms with Crippen LogP contribution in [-0.2, 0) is 23.3 Å².